The largest absolute Gasteiger partial charge is 0.306 e. The third kappa shape index (κ3) is 3.46. The van der Waals surface area contributed by atoms with Crippen LogP contribution in [0, 0.1) is 6.92 Å². The first-order chi connectivity index (χ1) is 11.0. The molecule has 0 radical (unpaired) electrons. The van der Waals surface area contributed by atoms with Crippen LogP contribution in [0.15, 0.2) is 59.1 Å². The molecule has 3 rings (SSSR count). The molecule has 0 atom stereocenters. The van der Waals surface area contributed by atoms with E-state index in [4.69, 9.17) is 11.6 Å². The Bertz CT molecular complexity index is 876. The lowest BCUT2D eigenvalue weighted by Crippen LogP contribution is -2.15. The Morgan fingerprint density at radius 1 is 1.17 bits per heavy atom. The van der Waals surface area contributed by atoms with Crippen LogP contribution in [-0.2, 0) is 0 Å². The second-order valence-corrected chi connectivity index (χ2v) is 6.32. The van der Waals surface area contributed by atoms with Crippen molar-refractivity contribution in [2.75, 3.05) is 5.32 Å². The highest BCUT2D eigenvalue weighted by molar-refractivity contribution is 9.10. The van der Waals surface area contributed by atoms with Gasteiger partial charge in [0.1, 0.15) is 5.82 Å². The molecule has 6 heteroatoms. The number of benzene rings is 2. The molecule has 0 fully saturated rings. The van der Waals surface area contributed by atoms with Crippen LogP contribution in [0.4, 0.5) is 5.82 Å². The van der Waals surface area contributed by atoms with E-state index < -0.39 is 0 Å². The van der Waals surface area contributed by atoms with Gasteiger partial charge in [-0.2, -0.15) is 5.10 Å². The summed E-state index contributed by atoms with van der Waals surface area (Å²) in [5.41, 5.74) is 2.08. The van der Waals surface area contributed by atoms with E-state index in [2.05, 4.69) is 26.3 Å². The minimum atomic E-state index is -0.272. The Hall–Kier alpha value is -2.11. The molecule has 0 aliphatic rings. The van der Waals surface area contributed by atoms with Crippen molar-refractivity contribution in [3.8, 4) is 5.69 Å². The first-order valence-electron chi connectivity index (χ1n) is 6.93. The summed E-state index contributed by atoms with van der Waals surface area (Å²) in [6, 6.07) is 16.4. The van der Waals surface area contributed by atoms with Crippen molar-refractivity contribution < 1.29 is 4.79 Å². The molecular formula is C17H13BrClN3O. The Labute approximate surface area is 147 Å². The van der Waals surface area contributed by atoms with E-state index in [0.717, 1.165) is 15.9 Å². The van der Waals surface area contributed by atoms with Gasteiger partial charge in [-0.05, 0) is 37.3 Å². The molecule has 2 aromatic carbocycles. The van der Waals surface area contributed by atoms with Gasteiger partial charge >= 0.3 is 0 Å². The van der Waals surface area contributed by atoms with Gasteiger partial charge in [-0.1, -0.05) is 45.7 Å². The minimum absolute atomic E-state index is 0.272. The second kappa shape index (κ2) is 6.56. The molecule has 0 spiro atoms. The van der Waals surface area contributed by atoms with E-state index in [9.17, 15) is 4.79 Å². The van der Waals surface area contributed by atoms with E-state index in [0.29, 0.717) is 16.4 Å². The maximum absolute atomic E-state index is 12.4. The van der Waals surface area contributed by atoms with Gasteiger partial charge < -0.3 is 5.32 Å². The normalized spacial score (nSPS) is 10.6. The van der Waals surface area contributed by atoms with Gasteiger partial charge in [0, 0.05) is 10.5 Å². The summed E-state index contributed by atoms with van der Waals surface area (Å²) in [7, 11) is 0. The SMILES string of the molecule is Cc1cc(NC(=O)c2ccccc2Cl)n(-c2cccc(Br)c2)n1. The monoisotopic (exact) mass is 389 g/mol. The number of hydrogen-bond donors (Lipinski definition) is 1. The number of anilines is 1. The summed E-state index contributed by atoms with van der Waals surface area (Å²) in [6.45, 7) is 1.87. The van der Waals surface area contributed by atoms with Crippen molar-refractivity contribution in [3.63, 3.8) is 0 Å². The molecule has 0 aliphatic heterocycles. The average Bonchev–Trinajstić information content (AvgIpc) is 2.88. The van der Waals surface area contributed by atoms with Crippen molar-refractivity contribution >= 4 is 39.3 Å². The number of hydrogen-bond acceptors (Lipinski definition) is 2. The Kier molecular flexibility index (Phi) is 4.50. The smallest absolute Gasteiger partial charge is 0.258 e. The van der Waals surface area contributed by atoms with E-state index in [1.807, 2.05) is 37.3 Å². The Morgan fingerprint density at radius 3 is 2.70 bits per heavy atom. The quantitative estimate of drug-likeness (QED) is 0.695. The van der Waals surface area contributed by atoms with Gasteiger partial charge in [0.05, 0.1) is 22.0 Å². The topological polar surface area (TPSA) is 46.9 Å². The van der Waals surface area contributed by atoms with Crippen LogP contribution in [0.3, 0.4) is 0 Å². The first-order valence-corrected chi connectivity index (χ1v) is 8.10. The number of halogens is 2. The highest BCUT2D eigenvalue weighted by Crippen LogP contribution is 2.22. The third-order valence-corrected chi connectivity index (χ3v) is 4.07. The van der Waals surface area contributed by atoms with Crippen LogP contribution < -0.4 is 5.32 Å². The summed E-state index contributed by atoms with van der Waals surface area (Å²) >= 11 is 9.52. The fourth-order valence-corrected chi connectivity index (χ4v) is 2.83. The molecule has 0 unspecified atom stereocenters. The van der Waals surface area contributed by atoms with E-state index >= 15 is 0 Å². The predicted octanol–water partition coefficient (Wildman–Crippen LogP) is 4.85. The number of aromatic nitrogens is 2. The molecule has 4 nitrogen and oxygen atoms in total. The van der Waals surface area contributed by atoms with Crippen molar-refractivity contribution in [2.24, 2.45) is 0 Å². The van der Waals surface area contributed by atoms with Gasteiger partial charge in [-0.15, -0.1) is 0 Å². The lowest BCUT2D eigenvalue weighted by Gasteiger charge is -2.10. The van der Waals surface area contributed by atoms with Gasteiger partial charge in [-0.3, -0.25) is 4.79 Å². The molecule has 23 heavy (non-hydrogen) atoms. The molecule has 0 bridgehead atoms. The van der Waals surface area contributed by atoms with Crippen LogP contribution >= 0.6 is 27.5 Å². The van der Waals surface area contributed by atoms with E-state index in [-0.39, 0.29) is 5.91 Å². The van der Waals surface area contributed by atoms with Gasteiger partial charge in [0.2, 0.25) is 0 Å². The fourth-order valence-electron chi connectivity index (χ4n) is 2.22. The highest BCUT2D eigenvalue weighted by Gasteiger charge is 2.14. The van der Waals surface area contributed by atoms with Gasteiger partial charge in [0.25, 0.3) is 5.91 Å². The summed E-state index contributed by atoms with van der Waals surface area (Å²) in [6.07, 6.45) is 0. The van der Waals surface area contributed by atoms with Crippen LogP contribution in [0.2, 0.25) is 5.02 Å². The summed E-state index contributed by atoms with van der Waals surface area (Å²) < 4.78 is 2.63. The highest BCUT2D eigenvalue weighted by atomic mass is 79.9. The number of amides is 1. The first kappa shape index (κ1) is 15.8. The lowest BCUT2D eigenvalue weighted by atomic mass is 10.2. The molecule has 1 aromatic heterocycles. The van der Waals surface area contributed by atoms with Crippen molar-refractivity contribution in [1.82, 2.24) is 9.78 Å². The lowest BCUT2D eigenvalue weighted by molar-refractivity contribution is 0.102. The Balaban J connectivity index is 1.95. The molecule has 116 valence electrons. The standard InChI is InChI=1S/C17H13BrClN3O/c1-11-9-16(20-17(23)14-7-2-3-8-15(14)19)22(21-11)13-6-4-5-12(18)10-13/h2-10H,1H3,(H,20,23). The van der Waals surface area contributed by atoms with Crippen molar-refractivity contribution in [3.05, 3.63) is 75.4 Å². The molecule has 0 saturated carbocycles. The van der Waals surface area contributed by atoms with Crippen LogP contribution in [0.25, 0.3) is 5.69 Å². The number of carbonyl (C=O) groups is 1. The summed E-state index contributed by atoms with van der Waals surface area (Å²) in [5, 5.41) is 7.72. The van der Waals surface area contributed by atoms with Crippen LogP contribution in [0.1, 0.15) is 16.1 Å². The van der Waals surface area contributed by atoms with E-state index in [1.54, 1.807) is 28.9 Å². The Morgan fingerprint density at radius 2 is 1.96 bits per heavy atom. The molecule has 3 aromatic rings. The molecular weight excluding hydrogens is 378 g/mol. The fraction of sp³-hybridized carbons (Fsp3) is 0.0588. The number of carbonyl (C=O) groups excluding carboxylic acids is 1. The summed E-state index contributed by atoms with van der Waals surface area (Å²) in [5.74, 6) is 0.317. The zero-order valence-electron chi connectivity index (χ0n) is 12.3. The maximum Gasteiger partial charge on any atom is 0.258 e. The number of rotatable bonds is 3. The predicted molar refractivity (Wildman–Crippen MR) is 95.4 cm³/mol. The van der Waals surface area contributed by atoms with Crippen molar-refractivity contribution in [2.45, 2.75) is 6.92 Å². The number of aryl methyl sites for hydroxylation is 1. The third-order valence-electron chi connectivity index (χ3n) is 3.24. The van der Waals surface area contributed by atoms with Crippen LogP contribution in [0.5, 0.6) is 0 Å². The average molecular weight is 391 g/mol. The number of nitrogens with one attached hydrogen (secondary N) is 1. The zero-order valence-corrected chi connectivity index (χ0v) is 14.6. The van der Waals surface area contributed by atoms with Crippen LogP contribution in [-0.4, -0.2) is 15.7 Å². The van der Waals surface area contributed by atoms with Gasteiger partial charge in [0.15, 0.2) is 0 Å². The van der Waals surface area contributed by atoms with Gasteiger partial charge in [-0.25, -0.2) is 4.68 Å². The number of nitrogens with zero attached hydrogens (tertiary/aromatic N) is 2. The molecule has 1 heterocycles. The second-order valence-electron chi connectivity index (χ2n) is 5.00. The molecule has 1 amide bonds. The zero-order chi connectivity index (χ0) is 16.4. The molecule has 1 N–H and O–H groups in total. The summed E-state index contributed by atoms with van der Waals surface area (Å²) in [4.78, 5) is 12.4. The molecule has 0 aliphatic carbocycles. The van der Waals surface area contributed by atoms with Crippen molar-refractivity contribution in [1.29, 1.82) is 0 Å². The minimum Gasteiger partial charge on any atom is -0.306 e. The maximum atomic E-state index is 12.4. The molecule has 0 saturated heterocycles. The van der Waals surface area contributed by atoms with E-state index in [1.165, 1.54) is 0 Å².